The predicted molar refractivity (Wildman–Crippen MR) is 113 cm³/mol. The van der Waals surface area contributed by atoms with Gasteiger partial charge in [-0.3, -0.25) is 9.59 Å². The SMILES string of the molecule is CC1(C)Cc2c(sc(NC(=O)c3cc(=O)c4ccccc4o3)c2C#N)C(C)(C)N1. The highest BCUT2D eigenvalue weighted by atomic mass is 32.1. The maximum absolute atomic E-state index is 12.8. The van der Waals surface area contributed by atoms with Crippen molar-refractivity contribution in [2.24, 2.45) is 0 Å². The van der Waals surface area contributed by atoms with Crippen LogP contribution in [0.2, 0.25) is 0 Å². The molecule has 1 aliphatic heterocycles. The number of nitrogens with zero attached hydrogens (tertiary/aromatic N) is 1. The second kappa shape index (κ2) is 6.55. The normalized spacial score (nSPS) is 16.8. The second-order valence-corrected chi connectivity index (χ2v) is 9.48. The van der Waals surface area contributed by atoms with Gasteiger partial charge in [0.1, 0.15) is 16.7 Å². The Morgan fingerprint density at radius 2 is 2.00 bits per heavy atom. The topological polar surface area (TPSA) is 95.1 Å². The van der Waals surface area contributed by atoms with Crippen molar-refractivity contribution in [1.82, 2.24) is 5.32 Å². The summed E-state index contributed by atoms with van der Waals surface area (Å²) in [6, 6.07) is 10.2. The Labute approximate surface area is 172 Å². The third-order valence-electron chi connectivity index (χ3n) is 5.04. The van der Waals surface area contributed by atoms with E-state index in [4.69, 9.17) is 4.42 Å². The Bertz CT molecular complexity index is 1240. The second-order valence-electron chi connectivity index (χ2n) is 8.46. The molecule has 3 aromatic rings. The number of carbonyl (C=O) groups is 1. The average Bonchev–Trinajstić information content (AvgIpc) is 2.97. The smallest absolute Gasteiger partial charge is 0.292 e. The number of para-hydroxylation sites is 1. The molecule has 0 saturated carbocycles. The molecule has 0 saturated heterocycles. The van der Waals surface area contributed by atoms with Crippen LogP contribution in [-0.2, 0) is 12.0 Å². The van der Waals surface area contributed by atoms with E-state index in [9.17, 15) is 14.9 Å². The quantitative estimate of drug-likeness (QED) is 0.666. The first-order valence-corrected chi connectivity index (χ1v) is 10.1. The highest BCUT2D eigenvalue weighted by Crippen LogP contribution is 2.44. The number of fused-ring (bicyclic) bond motifs is 2. The number of hydrogen-bond donors (Lipinski definition) is 2. The van der Waals surface area contributed by atoms with Crippen LogP contribution in [0, 0.1) is 11.3 Å². The summed E-state index contributed by atoms with van der Waals surface area (Å²) < 4.78 is 5.62. The summed E-state index contributed by atoms with van der Waals surface area (Å²) >= 11 is 1.39. The molecule has 1 aliphatic rings. The minimum atomic E-state index is -0.548. The van der Waals surface area contributed by atoms with Gasteiger partial charge < -0.3 is 15.1 Å². The molecule has 148 valence electrons. The standard InChI is InChI=1S/C22H21N3O3S/c1-21(2)10-13-14(11-23)20(29-18(13)22(3,4)25-21)24-19(27)17-9-15(26)12-7-5-6-8-16(12)28-17/h5-9,25H,10H2,1-4H3,(H,24,27). The van der Waals surface area contributed by atoms with Crippen molar-refractivity contribution in [1.29, 1.82) is 5.26 Å². The Morgan fingerprint density at radius 3 is 2.72 bits per heavy atom. The summed E-state index contributed by atoms with van der Waals surface area (Å²) in [4.78, 5) is 26.1. The molecule has 0 aliphatic carbocycles. The first-order chi connectivity index (χ1) is 13.6. The fourth-order valence-electron chi connectivity index (χ4n) is 4.11. The zero-order valence-electron chi connectivity index (χ0n) is 16.7. The lowest BCUT2D eigenvalue weighted by atomic mass is 9.81. The minimum Gasteiger partial charge on any atom is -0.451 e. The molecule has 0 bridgehead atoms. The Balaban J connectivity index is 1.74. The van der Waals surface area contributed by atoms with Gasteiger partial charge in [-0.25, -0.2) is 0 Å². The molecule has 29 heavy (non-hydrogen) atoms. The van der Waals surface area contributed by atoms with E-state index in [1.165, 1.54) is 17.4 Å². The van der Waals surface area contributed by atoms with Gasteiger partial charge in [-0.05, 0) is 51.8 Å². The number of thiophene rings is 1. The van der Waals surface area contributed by atoms with Gasteiger partial charge in [0.05, 0.1) is 10.9 Å². The zero-order valence-corrected chi connectivity index (χ0v) is 17.5. The number of carbonyl (C=O) groups excluding carboxylic acids is 1. The first-order valence-electron chi connectivity index (χ1n) is 9.31. The summed E-state index contributed by atoms with van der Waals surface area (Å²) in [6.45, 7) is 8.33. The highest BCUT2D eigenvalue weighted by molar-refractivity contribution is 7.17. The van der Waals surface area contributed by atoms with E-state index in [0.717, 1.165) is 10.4 Å². The molecular weight excluding hydrogens is 386 g/mol. The third kappa shape index (κ3) is 3.35. The van der Waals surface area contributed by atoms with Crippen LogP contribution in [-0.4, -0.2) is 11.4 Å². The molecule has 0 unspecified atom stereocenters. The predicted octanol–water partition coefficient (Wildman–Crippen LogP) is 4.14. The third-order valence-corrected chi connectivity index (χ3v) is 6.51. The van der Waals surface area contributed by atoms with Gasteiger partial charge in [-0.15, -0.1) is 11.3 Å². The van der Waals surface area contributed by atoms with Crippen LogP contribution in [0.4, 0.5) is 5.00 Å². The number of amides is 1. The molecule has 7 heteroatoms. The molecule has 1 aromatic carbocycles. The van der Waals surface area contributed by atoms with Gasteiger partial charge in [0.15, 0.2) is 11.2 Å². The van der Waals surface area contributed by atoms with E-state index >= 15 is 0 Å². The minimum absolute atomic E-state index is 0.0818. The first kappa shape index (κ1) is 19.4. The number of nitriles is 1. The van der Waals surface area contributed by atoms with Crippen molar-refractivity contribution in [3.63, 3.8) is 0 Å². The number of rotatable bonds is 2. The lowest BCUT2D eigenvalue weighted by molar-refractivity contribution is 0.0997. The summed E-state index contributed by atoms with van der Waals surface area (Å²) in [5, 5.41) is 17.1. The largest absolute Gasteiger partial charge is 0.451 e. The van der Waals surface area contributed by atoms with Crippen LogP contribution < -0.4 is 16.1 Å². The molecule has 0 spiro atoms. The van der Waals surface area contributed by atoms with Crippen molar-refractivity contribution in [3.8, 4) is 6.07 Å². The van der Waals surface area contributed by atoms with E-state index in [0.29, 0.717) is 28.0 Å². The van der Waals surface area contributed by atoms with Gasteiger partial charge >= 0.3 is 0 Å². The van der Waals surface area contributed by atoms with E-state index in [1.807, 2.05) is 0 Å². The maximum atomic E-state index is 12.8. The summed E-state index contributed by atoms with van der Waals surface area (Å²) in [5.41, 5.74) is 1.01. The van der Waals surface area contributed by atoms with Crippen LogP contribution in [0.1, 0.15) is 54.3 Å². The van der Waals surface area contributed by atoms with E-state index in [1.54, 1.807) is 24.3 Å². The Morgan fingerprint density at radius 1 is 1.28 bits per heavy atom. The van der Waals surface area contributed by atoms with Gasteiger partial charge in [-0.1, -0.05) is 12.1 Å². The van der Waals surface area contributed by atoms with Gasteiger partial charge in [0.25, 0.3) is 5.91 Å². The van der Waals surface area contributed by atoms with Gasteiger partial charge in [-0.2, -0.15) is 5.26 Å². The van der Waals surface area contributed by atoms with E-state index in [-0.39, 0.29) is 22.3 Å². The molecule has 3 heterocycles. The Hall–Kier alpha value is -2.95. The van der Waals surface area contributed by atoms with Gasteiger partial charge in [0, 0.05) is 22.0 Å². The van der Waals surface area contributed by atoms with Crippen LogP contribution in [0.5, 0.6) is 0 Å². The number of benzene rings is 1. The lowest BCUT2D eigenvalue weighted by Crippen LogP contribution is -2.54. The van der Waals surface area contributed by atoms with Crippen LogP contribution in [0.3, 0.4) is 0 Å². The van der Waals surface area contributed by atoms with Crippen molar-refractivity contribution in [3.05, 3.63) is 62.3 Å². The maximum Gasteiger partial charge on any atom is 0.292 e. The van der Waals surface area contributed by atoms with Crippen LogP contribution >= 0.6 is 11.3 Å². The average molecular weight is 407 g/mol. The fraction of sp³-hybridized carbons (Fsp3) is 0.318. The van der Waals surface area contributed by atoms with Crippen molar-refractivity contribution < 1.29 is 9.21 Å². The molecular formula is C22H21N3O3S. The van der Waals surface area contributed by atoms with Crippen molar-refractivity contribution in [2.75, 3.05) is 5.32 Å². The number of nitrogens with one attached hydrogen (secondary N) is 2. The van der Waals surface area contributed by atoms with Crippen LogP contribution in [0.15, 0.2) is 39.5 Å². The Kier molecular flexibility index (Phi) is 4.37. The molecule has 2 N–H and O–H groups in total. The summed E-state index contributed by atoms with van der Waals surface area (Å²) in [6.07, 6.45) is 0.687. The van der Waals surface area contributed by atoms with Crippen molar-refractivity contribution >= 4 is 33.2 Å². The molecule has 2 aromatic heterocycles. The molecule has 4 rings (SSSR count). The van der Waals surface area contributed by atoms with Crippen LogP contribution in [0.25, 0.3) is 11.0 Å². The van der Waals surface area contributed by atoms with Crippen molar-refractivity contribution in [2.45, 2.75) is 45.2 Å². The molecule has 0 radical (unpaired) electrons. The summed E-state index contributed by atoms with van der Waals surface area (Å²) in [7, 11) is 0. The molecule has 1 amide bonds. The zero-order chi connectivity index (χ0) is 21.0. The highest BCUT2D eigenvalue weighted by Gasteiger charge is 2.40. The molecule has 0 atom stereocenters. The lowest BCUT2D eigenvalue weighted by Gasteiger charge is -2.42. The van der Waals surface area contributed by atoms with Gasteiger partial charge in [0.2, 0.25) is 0 Å². The number of anilines is 1. The molecule has 0 fully saturated rings. The number of hydrogen-bond acceptors (Lipinski definition) is 6. The van der Waals surface area contributed by atoms with E-state index in [2.05, 4.69) is 44.4 Å². The fourth-order valence-corrected chi connectivity index (χ4v) is 5.34. The van der Waals surface area contributed by atoms with E-state index < -0.39 is 5.91 Å². The summed E-state index contributed by atoms with van der Waals surface area (Å²) in [5.74, 6) is -0.630. The monoisotopic (exact) mass is 407 g/mol. The molecule has 6 nitrogen and oxygen atoms in total.